The van der Waals surface area contributed by atoms with Crippen LogP contribution in [0.2, 0.25) is 0 Å². The number of rotatable bonds is 2. The fraction of sp³-hybridized carbons (Fsp3) is 0. The van der Waals surface area contributed by atoms with Crippen LogP contribution in [-0.2, 0) is 0 Å². The van der Waals surface area contributed by atoms with Gasteiger partial charge in [-0.25, -0.2) is 0 Å². The summed E-state index contributed by atoms with van der Waals surface area (Å²) < 4.78 is 0. The Balaban J connectivity index is 1.76. The molecule has 0 heterocycles. The summed E-state index contributed by atoms with van der Waals surface area (Å²) in [4.78, 5) is 0. The minimum Gasteiger partial charge on any atom is -0.508 e. The zero-order valence-corrected chi connectivity index (χ0v) is 12.0. The van der Waals surface area contributed by atoms with E-state index in [2.05, 4.69) is 59.9 Å². The highest BCUT2D eigenvalue weighted by Crippen LogP contribution is 2.27. The summed E-state index contributed by atoms with van der Waals surface area (Å²) in [5.41, 5.74) is 1.99. The van der Waals surface area contributed by atoms with Crippen LogP contribution in [-0.4, -0.2) is 5.11 Å². The Bertz CT molecular complexity index is 958. The Labute approximate surface area is 128 Å². The van der Waals surface area contributed by atoms with Crippen molar-refractivity contribution in [2.45, 2.75) is 0 Å². The van der Waals surface area contributed by atoms with Gasteiger partial charge in [0.05, 0.1) is 0 Å². The number of aromatic hydroxyl groups is 1. The Kier molecular flexibility index (Phi) is 2.94. The van der Waals surface area contributed by atoms with Crippen LogP contribution in [0.4, 0.5) is 11.4 Å². The summed E-state index contributed by atoms with van der Waals surface area (Å²) in [6, 6.07) is 26.3. The molecule has 0 aliphatic carbocycles. The first kappa shape index (κ1) is 12.7. The third-order valence-electron chi connectivity index (χ3n) is 3.86. The van der Waals surface area contributed by atoms with Crippen LogP contribution in [0.5, 0.6) is 5.75 Å². The molecule has 0 aromatic heterocycles. The number of hydrogen-bond donors (Lipinski definition) is 2. The molecule has 0 fully saturated rings. The standard InChI is InChI=1S/C20H15NO/c22-20-9-7-18(8-10-20)21-19-6-5-16-11-14-3-1-2-4-15(14)12-17(16)13-19/h1-13,21-22H. The predicted molar refractivity (Wildman–Crippen MR) is 92.8 cm³/mol. The monoisotopic (exact) mass is 285 g/mol. The summed E-state index contributed by atoms with van der Waals surface area (Å²) >= 11 is 0. The minimum absolute atomic E-state index is 0.274. The lowest BCUT2D eigenvalue weighted by atomic mass is 10.0. The maximum atomic E-state index is 9.34. The minimum atomic E-state index is 0.274. The molecule has 0 aliphatic heterocycles. The van der Waals surface area contributed by atoms with Crippen molar-refractivity contribution in [2.24, 2.45) is 0 Å². The first-order valence-corrected chi connectivity index (χ1v) is 7.27. The third-order valence-corrected chi connectivity index (χ3v) is 3.86. The molecule has 0 saturated carbocycles. The van der Waals surface area contributed by atoms with Crippen LogP contribution < -0.4 is 5.32 Å². The second kappa shape index (κ2) is 5.08. The molecule has 0 bridgehead atoms. The van der Waals surface area contributed by atoms with E-state index in [1.165, 1.54) is 21.5 Å². The molecule has 0 saturated heterocycles. The molecule has 0 aliphatic rings. The van der Waals surface area contributed by atoms with Crippen LogP contribution >= 0.6 is 0 Å². The van der Waals surface area contributed by atoms with E-state index in [4.69, 9.17) is 0 Å². The van der Waals surface area contributed by atoms with Crippen LogP contribution in [0.15, 0.2) is 78.9 Å². The maximum absolute atomic E-state index is 9.34. The molecular weight excluding hydrogens is 270 g/mol. The maximum Gasteiger partial charge on any atom is 0.115 e. The molecule has 4 aromatic rings. The number of benzene rings is 4. The average molecular weight is 285 g/mol. The van der Waals surface area contributed by atoms with Crippen molar-refractivity contribution in [1.29, 1.82) is 0 Å². The highest BCUT2D eigenvalue weighted by molar-refractivity contribution is 5.99. The van der Waals surface area contributed by atoms with E-state index in [9.17, 15) is 5.11 Å². The molecule has 0 atom stereocenters. The molecule has 0 spiro atoms. The van der Waals surface area contributed by atoms with E-state index in [1.807, 2.05) is 12.1 Å². The van der Waals surface area contributed by atoms with Gasteiger partial charge in [0.2, 0.25) is 0 Å². The zero-order valence-electron chi connectivity index (χ0n) is 12.0. The molecule has 2 nitrogen and oxygen atoms in total. The topological polar surface area (TPSA) is 32.3 Å². The van der Waals surface area contributed by atoms with Crippen LogP contribution in [0, 0.1) is 0 Å². The first-order valence-electron chi connectivity index (χ1n) is 7.27. The molecule has 0 radical (unpaired) electrons. The van der Waals surface area contributed by atoms with Crippen molar-refractivity contribution in [2.75, 3.05) is 5.32 Å². The van der Waals surface area contributed by atoms with E-state index in [0.717, 1.165) is 11.4 Å². The Morgan fingerprint density at radius 1 is 0.545 bits per heavy atom. The van der Waals surface area contributed by atoms with Crippen molar-refractivity contribution in [3.05, 3.63) is 78.9 Å². The molecule has 2 heteroatoms. The van der Waals surface area contributed by atoms with Crippen LogP contribution in [0.3, 0.4) is 0 Å². The number of anilines is 2. The van der Waals surface area contributed by atoms with Crippen molar-refractivity contribution < 1.29 is 5.11 Å². The number of hydrogen-bond acceptors (Lipinski definition) is 2. The predicted octanol–water partition coefficient (Wildman–Crippen LogP) is 5.44. The summed E-state index contributed by atoms with van der Waals surface area (Å²) in [6.45, 7) is 0. The van der Waals surface area contributed by atoms with Gasteiger partial charge in [-0.05, 0) is 70.1 Å². The first-order chi connectivity index (χ1) is 10.8. The molecule has 22 heavy (non-hydrogen) atoms. The summed E-state index contributed by atoms with van der Waals surface area (Å²) in [7, 11) is 0. The second-order valence-electron chi connectivity index (χ2n) is 5.43. The smallest absolute Gasteiger partial charge is 0.115 e. The molecule has 2 N–H and O–H groups in total. The van der Waals surface area contributed by atoms with Gasteiger partial charge in [0.15, 0.2) is 0 Å². The largest absolute Gasteiger partial charge is 0.508 e. The fourth-order valence-corrected chi connectivity index (χ4v) is 2.73. The molecule has 0 unspecified atom stereocenters. The lowest BCUT2D eigenvalue weighted by molar-refractivity contribution is 0.475. The van der Waals surface area contributed by atoms with E-state index in [1.54, 1.807) is 12.1 Å². The number of nitrogens with one attached hydrogen (secondary N) is 1. The van der Waals surface area contributed by atoms with Gasteiger partial charge in [0, 0.05) is 11.4 Å². The lowest BCUT2D eigenvalue weighted by Crippen LogP contribution is -1.89. The van der Waals surface area contributed by atoms with Crippen molar-refractivity contribution in [3.63, 3.8) is 0 Å². The highest BCUT2D eigenvalue weighted by Gasteiger charge is 2.00. The molecule has 106 valence electrons. The van der Waals surface area contributed by atoms with Crippen molar-refractivity contribution in [3.8, 4) is 5.75 Å². The van der Waals surface area contributed by atoms with Gasteiger partial charge >= 0.3 is 0 Å². The fourth-order valence-electron chi connectivity index (χ4n) is 2.73. The van der Waals surface area contributed by atoms with Gasteiger partial charge in [0.1, 0.15) is 5.75 Å². The van der Waals surface area contributed by atoms with Crippen LogP contribution in [0.25, 0.3) is 21.5 Å². The van der Waals surface area contributed by atoms with Gasteiger partial charge in [-0.1, -0.05) is 30.3 Å². The van der Waals surface area contributed by atoms with Gasteiger partial charge in [0.25, 0.3) is 0 Å². The Morgan fingerprint density at radius 3 is 1.86 bits per heavy atom. The Hall–Kier alpha value is -3.00. The SMILES string of the molecule is Oc1ccc(Nc2ccc3cc4ccccc4cc3c2)cc1. The molecular formula is C20H15NO. The van der Waals surface area contributed by atoms with Crippen molar-refractivity contribution >= 4 is 32.9 Å². The van der Waals surface area contributed by atoms with E-state index < -0.39 is 0 Å². The van der Waals surface area contributed by atoms with Gasteiger partial charge in [-0.15, -0.1) is 0 Å². The van der Waals surface area contributed by atoms with Gasteiger partial charge in [-0.2, -0.15) is 0 Å². The summed E-state index contributed by atoms with van der Waals surface area (Å²) in [6.07, 6.45) is 0. The zero-order chi connectivity index (χ0) is 14.9. The van der Waals surface area contributed by atoms with E-state index in [-0.39, 0.29) is 5.75 Å². The molecule has 4 aromatic carbocycles. The van der Waals surface area contributed by atoms with Gasteiger partial charge < -0.3 is 10.4 Å². The van der Waals surface area contributed by atoms with E-state index in [0.29, 0.717) is 0 Å². The quantitative estimate of drug-likeness (QED) is 0.379. The number of phenols is 1. The van der Waals surface area contributed by atoms with Crippen LogP contribution in [0.1, 0.15) is 0 Å². The normalized spacial score (nSPS) is 10.9. The highest BCUT2D eigenvalue weighted by atomic mass is 16.3. The number of phenolic OH excluding ortho intramolecular Hbond substituents is 1. The Morgan fingerprint density at radius 2 is 1.14 bits per heavy atom. The lowest BCUT2D eigenvalue weighted by Gasteiger charge is -2.09. The summed E-state index contributed by atoms with van der Waals surface area (Å²) in [5.74, 6) is 0.274. The van der Waals surface area contributed by atoms with Gasteiger partial charge in [-0.3, -0.25) is 0 Å². The third kappa shape index (κ3) is 2.35. The molecule has 4 rings (SSSR count). The second-order valence-corrected chi connectivity index (χ2v) is 5.43. The van der Waals surface area contributed by atoms with E-state index >= 15 is 0 Å². The summed E-state index contributed by atoms with van der Waals surface area (Å²) in [5, 5.41) is 17.6. The average Bonchev–Trinajstić information content (AvgIpc) is 2.55. The van der Waals surface area contributed by atoms with Crippen molar-refractivity contribution in [1.82, 2.24) is 0 Å². The molecule has 0 amide bonds. The number of fused-ring (bicyclic) bond motifs is 2.